The lowest BCUT2D eigenvalue weighted by molar-refractivity contribution is 0.559. The Kier molecular flexibility index (Phi) is 3.34. The lowest BCUT2D eigenvalue weighted by Gasteiger charge is -2.15. The number of hydrogen-bond acceptors (Lipinski definition) is 1. The Bertz CT molecular complexity index is 637. The fourth-order valence-corrected chi connectivity index (χ4v) is 1.98. The second-order valence-electron chi connectivity index (χ2n) is 5.19. The zero-order valence-corrected chi connectivity index (χ0v) is 12.0. The number of aromatic nitrogens is 2. The van der Waals surface area contributed by atoms with Crippen molar-refractivity contribution in [3.63, 3.8) is 0 Å². The summed E-state index contributed by atoms with van der Waals surface area (Å²) >= 11 is 10.9. The highest BCUT2D eigenvalue weighted by molar-refractivity contribution is 7.71. The standard InChI is InChI=1S/C13H14ClFN2S/c1-13(2,3)11-7-12(18)17(16-11)8-4-5-9(14)10(15)6-8/h4-7,16H,1-3H3. The van der Waals surface area contributed by atoms with Crippen LogP contribution in [0.2, 0.25) is 5.02 Å². The highest BCUT2D eigenvalue weighted by Crippen LogP contribution is 2.23. The molecule has 1 N–H and O–H groups in total. The summed E-state index contributed by atoms with van der Waals surface area (Å²) in [6.07, 6.45) is 0. The molecule has 0 spiro atoms. The smallest absolute Gasteiger partial charge is 0.143 e. The van der Waals surface area contributed by atoms with Gasteiger partial charge >= 0.3 is 0 Å². The number of halogens is 2. The largest absolute Gasteiger partial charge is 0.296 e. The van der Waals surface area contributed by atoms with Gasteiger partial charge in [0.2, 0.25) is 0 Å². The number of nitrogens with zero attached hydrogens (tertiary/aromatic N) is 1. The number of aromatic amines is 1. The third-order valence-electron chi connectivity index (χ3n) is 2.69. The summed E-state index contributed by atoms with van der Waals surface area (Å²) in [5, 5.41) is 3.29. The minimum atomic E-state index is -0.456. The average molecular weight is 285 g/mol. The van der Waals surface area contributed by atoms with Gasteiger partial charge in [-0.25, -0.2) is 9.07 Å². The third-order valence-corrected chi connectivity index (χ3v) is 3.30. The zero-order chi connectivity index (χ0) is 13.5. The van der Waals surface area contributed by atoms with Crippen LogP contribution in [0.15, 0.2) is 24.3 Å². The van der Waals surface area contributed by atoms with E-state index in [-0.39, 0.29) is 10.4 Å². The van der Waals surface area contributed by atoms with Gasteiger partial charge in [-0.3, -0.25) is 5.10 Å². The van der Waals surface area contributed by atoms with E-state index < -0.39 is 5.82 Å². The lowest BCUT2D eigenvalue weighted by atomic mass is 9.93. The van der Waals surface area contributed by atoms with Crippen LogP contribution >= 0.6 is 23.8 Å². The van der Waals surface area contributed by atoms with Crippen molar-refractivity contribution in [3.8, 4) is 5.69 Å². The quantitative estimate of drug-likeness (QED) is 0.758. The number of nitrogens with one attached hydrogen (secondary N) is 1. The fraction of sp³-hybridized carbons (Fsp3) is 0.308. The maximum Gasteiger partial charge on any atom is 0.143 e. The molecule has 2 aromatic rings. The predicted molar refractivity (Wildman–Crippen MR) is 74.6 cm³/mol. The Morgan fingerprint density at radius 1 is 1.28 bits per heavy atom. The summed E-state index contributed by atoms with van der Waals surface area (Å²) in [5.41, 5.74) is 1.60. The molecule has 1 aromatic carbocycles. The minimum absolute atomic E-state index is 0.0379. The molecule has 2 nitrogen and oxygen atoms in total. The fourth-order valence-electron chi connectivity index (χ4n) is 1.60. The van der Waals surface area contributed by atoms with Gasteiger partial charge in [0.25, 0.3) is 0 Å². The molecule has 0 unspecified atom stereocenters. The molecular formula is C13H14ClFN2S. The Morgan fingerprint density at radius 3 is 2.44 bits per heavy atom. The molecule has 1 aromatic heterocycles. The Hall–Kier alpha value is -1.13. The molecular weight excluding hydrogens is 271 g/mol. The molecule has 0 atom stereocenters. The molecule has 1 heterocycles. The number of benzene rings is 1. The van der Waals surface area contributed by atoms with Crippen molar-refractivity contribution in [2.45, 2.75) is 26.2 Å². The second-order valence-corrected chi connectivity index (χ2v) is 6.02. The number of rotatable bonds is 1. The van der Waals surface area contributed by atoms with Crippen molar-refractivity contribution in [2.75, 3.05) is 0 Å². The molecule has 0 radical (unpaired) electrons. The molecule has 0 bridgehead atoms. The van der Waals surface area contributed by atoms with Crippen LogP contribution in [-0.2, 0) is 5.41 Å². The van der Waals surface area contributed by atoms with E-state index in [1.165, 1.54) is 12.1 Å². The van der Waals surface area contributed by atoms with Gasteiger partial charge in [-0.2, -0.15) is 0 Å². The monoisotopic (exact) mass is 284 g/mol. The molecule has 0 amide bonds. The van der Waals surface area contributed by atoms with Gasteiger partial charge in [-0.05, 0) is 18.2 Å². The molecule has 0 aliphatic heterocycles. The van der Waals surface area contributed by atoms with Crippen molar-refractivity contribution in [2.24, 2.45) is 0 Å². The molecule has 0 saturated heterocycles. The lowest BCUT2D eigenvalue weighted by Crippen LogP contribution is -2.12. The zero-order valence-electron chi connectivity index (χ0n) is 10.4. The number of H-pyrrole nitrogens is 1. The summed E-state index contributed by atoms with van der Waals surface area (Å²) in [4.78, 5) is 0. The van der Waals surface area contributed by atoms with E-state index in [0.717, 1.165) is 5.69 Å². The summed E-state index contributed by atoms with van der Waals surface area (Å²) in [6, 6.07) is 6.50. The van der Waals surface area contributed by atoms with Gasteiger partial charge in [0.05, 0.1) is 10.7 Å². The van der Waals surface area contributed by atoms with Crippen LogP contribution < -0.4 is 0 Å². The molecule has 2 rings (SSSR count). The van der Waals surface area contributed by atoms with Crippen LogP contribution in [0.3, 0.4) is 0 Å². The van der Waals surface area contributed by atoms with Gasteiger partial charge in [-0.1, -0.05) is 44.6 Å². The third kappa shape index (κ3) is 2.49. The average Bonchev–Trinajstić information content (AvgIpc) is 2.64. The first-order valence-electron chi connectivity index (χ1n) is 5.57. The van der Waals surface area contributed by atoms with Crippen LogP contribution in [0.25, 0.3) is 5.69 Å². The second kappa shape index (κ2) is 4.52. The van der Waals surface area contributed by atoms with E-state index >= 15 is 0 Å². The van der Waals surface area contributed by atoms with E-state index in [2.05, 4.69) is 25.9 Å². The Balaban J connectivity index is 2.55. The van der Waals surface area contributed by atoms with Crippen molar-refractivity contribution >= 4 is 23.8 Å². The van der Waals surface area contributed by atoms with Gasteiger partial charge in [0.1, 0.15) is 10.5 Å². The maximum atomic E-state index is 13.4. The van der Waals surface area contributed by atoms with Gasteiger partial charge in [-0.15, -0.1) is 0 Å². The maximum absolute atomic E-state index is 13.4. The molecule has 18 heavy (non-hydrogen) atoms. The molecule has 0 fully saturated rings. The summed E-state index contributed by atoms with van der Waals surface area (Å²) in [5.74, 6) is -0.456. The summed E-state index contributed by atoms with van der Waals surface area (Å²) in [6.45, 7) is 6.25. The highest BCUT2D eigenvalue weighted by Gasteiger charge is 2.17. The Labute approximate surface area is 115 Å². The Morgan fingerprint density at radius 2 is 1.94 bits per heavy atom. The first-order valence-corrected chi connectivity index (χ1v) is 6.35. The van der Waals surface area contributed by atoms with E-state index in [1.807, 2.05) is 6.07 Å². The predicted octanol–water partition coefficient (Wildman–Crippen LogP) is 4.62. The van der Waals surface area contributed by atoms with Crippen LogP contribution in [0.1, 0.15) is 26.5 Å². The van der Waals surface area contributed by atoms with E-state index in [4.69, 9.17) is 23.8 Å². The molecule has 0 saturated carbocycles. The van der Waals surface area contributed by atoms with Gasteiger partial charge in [0, 0.05) is 17.2 Å². The molecule has 0 aliphatic carbocycles. The van der Waals surface area contributed by atoms with Crippen molar-refractivity contribution in [1.82, 2.24) is 9.78 Å². The summed E-state index contributed by atoms with van der Waals surface area (Å²) in [7, 11) is 0. The number of hydrogen-bond donors (Lipinski definition) is 1. The first kappa shape index (κ1) is 13.3. The van der Waals surface area contributed by atoms with Crippen LogP contribution in [0.5, 0.6) is 0 Å². The SMILES string of the molecule is CC(C)(C)c1cc(=S)n(-c2ccc(Cl)c(F)c2)[nH]1. The van der Waals surface area contributed by atoms with Gasteiger partial charge < -0.3 is 0 Å². The molecule has 96 valence electrons. The van der Waals surface area contributed by atoms with Crippen molar-refractivity contribution < 1.29 is 4.39 Å². The van der Waals surface area contributed by atoms with Crippen LogP contribution in [-0.4, -0.2) is 9.78 Å². The molecule has 5 heteroatoms. The van der Waals surface area contributed by atoms with Gasteiger partial charge in [0.15, 0.2) is 0 Å². The molecule has 0 aliphatic rings. The van der Waals surface area contributed by atoms with E-state index in [9.17, 15) is 4.39 Å². The first-order chi connectivity index (χ1) is 8.29. The van der Waals surface area contributed by atoms with E-state index in [0.29, 0.717) is 10.3 Å². The normalized spacial score (nSPS) is 11.8. The van der Waals surface area contributed by atoms with Crippen molar-refractivity contribution in [3.05, 3.63) is 45.4 Å². The van der Waals surface area contributed by atoms with Crippen molar-refractivity contribution in [1.29, 1.82) is 0 Å². The van der Waals surface area contributed by atoms with E-state index in [1.54, 1.807) is 10.7 Å². The minimum Gasteiger partial charge on any atom is -0.296 e. The highest BCUT2D eigenvalue weighted by atomic mass is 35.5. The topological polar surface area (TPSA) is 20.7 Å². The summed E-state index contributed by atoms with van der Waals surface area (Å²) < 4.78 is 15.7. The van der Waals surface area contributed by atoms with Crippen LogP contribution in [0.4, 0.5) is 4.39 Å². The van der Waals surface area contributed by atoms with Crippen LogP contribution in [0, 0.1) is 10.5 Å².